The Hall–Kier alpha value is -4.52. The summed E-state index contributed by atoms with van der Waals surface area (Å²) in [5, 5.41) is 3.36. The van der Waals surface area contributed by atoms with E-state index in [4.69, 9.17) is 0 Å². The SMILES string of the molecule is CCc1cc(F)c(F)cc1F.CCc1ccc(/C=C2\Cc3cc(NCc4ccc(C=O)cc4)ccc3C2=O)cc1F. The maximum absolute atomic E-state index is 14.1. The van der Waals surface area contributed by atoms with Gasteiger partial charge in [-0.05, 0) is 77.1 Å². The Kier molecular flexibility index (Phi) is 9.50. The maximum atomic E-state index is 14.1. The lowest BCUT2D eigenvalue weighted by Crippen LogP contribution is -2.00. The van der Waals surface area contributed by atoms with Gasteiger partial charge in [-0.1, -0.05) is 50.2 Å². The van der Waals surface area contributed by atoms with Crippen LogP contribution in [0.4, 0.5) is 23.2 Å². The number of anilines is 1. The van der Waals surface area contributed by atoms with Gasteiger partial charge < -0.3 is 5.32 Å². The van der Waals surface area contributed by atoms with Crippen LogP contribution in [0.25, 0.3) is 6.08 Å². The largest absolute Gasteiger partial charge is 0.381 e. The summed E-state index contributed by atoms with van der Waals surface area (Å²) in [5.41, 5.74) is 6.58. The van der Waals surface area contributed by atoms with Crippen LogP contribution < -0.4 is 5.32 Å². The van der Waals surface area contributed by atoms with Crippen LogP contribution in [-0.2, 0) is 25.8 Å². The molecule has 0 spiro atoms. The summed E-state index contributed by atoms with van der Waals surface area (Å²) >= 11 is 0. The monoisotopic (exact) mass is 559 g/mol. The van der Waals surface area contributed by atoms with Crippen molar-refractivity contribution >= 4 is 23.8 Å². The number of rotatable bonds is 7. The van der Waals surface area contributed by atoms with Crippen molar-refractivity contribution in [2.75, 3.05) is 5.32 Å². The molecule has 1 N–H and O–H groups in total. The first-order valence-corrected chi connectivity index (χ1v) is 13.3. The van der Waals surface area contributed by atoms with Crippen molar-refractivity contribution in [3.8, 4) is 0 Å². The molecule has 41 heavy (non-hydrogen) atoms. The highest BCUT2D eigenvalue weighted by molar-refractivity contribution is 6.15. The third-order valence-corrected chi connectivity index (χ3v) is 6.90. The lowest BCUT2D eigenvalue weighted by atomic mass is 10.0. The zero-order chi connectivity index (χ0) is 29.5. The second-order valence-corrected chi connectivity index (χ2v) is 9.68. The third-order valence-electron chi connectivity index (χ3n) is 6.90. The molecular weight excluding hydrogens is 530 g/mol. The summed E-state index contributed by atoms with van der Waals surface area (Å²) in [6.45, 7) is 4.22. The van der Waals surface area contributed by atoms with Gasteiger partial charge in [-0.2, -0.15) is 0 Å². The Labute approximate surface area is 236 Å². The molecule has 4 aromatic carbocycles. The van der Waals surface area contributed by atoms with Crippen molar-refractivity contribution in [3.05, 3.63) is 141 Å². The minimum Gasteiger partial charge on any atom is -0.381 e. The number of hydrogen-bond acceptors (Lipinski definition) is 3. The number of carbonyl (C=O) groups is 2. The number of benzene rings is 4. The van der Waals surface area contributed by atoms with Crippen molar-refractivity contribution in [1.82, 2.24) is 0 Å². The first-order valence-electron chi connectivity index (χ1n) is 13.3. The predicted molar refractivity (Wildman–Crippen MR) is 153 cm³/mol. The Morgan fingerprint density at radius 3 is 2.05 bits per heavy atom. The number of carbonyl (C=O) groups excluding carboxylic acids is 2. The molecule has 0 amide bonds. The van der Waals surface area contributed by atoms with E-state index in [2.05, 4.69) is 5.32 Å². The molecule has 3 nitrogen and oxygen atoms in total. The van der Waals surface area contributed by atoms with Crippen LogP contribution in [0, 0.1) is 23.3 Å². The zero-order valence-electron chi connectivity index (χ0n) is 22.7. The standard InChI is InChI=1S/C26H22FNO2.C8H7F3/c1-2-20-8-7-19(12-25(20)27)11-22-13-21-14-23(9-10-24(21)26(22)30)28-15-17-3-5-18(16-29)6-4-17;1-2-5-3-7(10)8(11)4-6(5)9/h3-12,14,16,28H,2,13,15H2,1H3;3-4H,2H2,1H3/b22-11+;. The minimum absolute atomic E-state index is 0.000906. The zero-order valence-corrected chi connectivity index (χ0v) is 22.7. The predicted octanol–water partition coefficient (Wildman–Crippen LogP) is 8.30. The normalized spacial score (nSPS) is 13.0. The summed E-state index contributed by atoms with van der Waals surface area (Å²) in [4.78, 5) is 23.5. The van der Waals surface area contributed by atoms with Gasteiger partial charge in [0.1, 0.15) is 17.9 Å². The molecule has 0 radical (unpaired) electrons. The second-order valence-electron chi connectivity index (χ2n) is 9.68. The number of allylic oxidation sites excluding steroid dienone is 1. The van der Waals surface area contributed by atoms with E-state index < -0.39 is 17.5 Å². The third kappa shape index (κ3) is 7.17. The van der Waals surface area contributed by atoms with E-state index in [0.717, 1.165) is 29.2 Å². The Morgan fingerprint density at radius 1 is 0.732 bits per heavy atom. The lowest BCUT2D eigenvalue weighted by Gasteiger charge is -2.08. The minimum atomic E-state index is -1.14. The number of ketones is 1. The van der Waals surface area contributed by atoms with Crippen LogP contribution in [0.2, 0.25) is 0 Å². The van der Waals surface area contributed by atoms with E-state index in [1.807, 2.05) is 43.3 Å². The smallest absolute Gasteiger partial charge is 0.189 e. The number of hydrogen-bond donors (Lipinski definition) is 1. The fourth-order valence-electron chi connectivity index (χ4n) is 4.54. The molecule has 0 unspecified atom stereocenters. The quantitative estimate of drug-likeness (QED) is 0.107. The van der Waals surface area contributed by atoms with E-state index in [0.29, 0.717) is 59.7 Å². The number of aryl methyl sites for hydroxylation is 2. The number of Topliss-reactive ketones (excluding diaryl/α,β-unsaturated/α-hetero) is 1. The van der Waals surface area contributed by atoms with E-state index >= 15 is 0 Å². The fraction of sp³-hybridized carbons (Fsp3) is 0.176. The van der Waals surface area contributed by atoms with Crippen LogP contribution in [-0.4, -0.2) is 12.1 Å². The molecule has 210 valence electrons. The molecule has 0 bridgehead atoms. The van der Waals surface area contributed by atoms with Crippen LogP contribution in [0.15, 0.2) is 78.4 Å². The van der Waals surface area contributed by atoms with Crippen molar-refractivity contribution in [2.45, 2.75) is 39.7 Å². The van der Waals surface area contributed by atoms with E-state index in [9.17, 15) is 27.2 Å². The summed E-state index contributed by atoms with van der Waals surface area (Å²) in [7, 11) is 0. The molecule has 0 saturated heterocycles. The van der Waals surface area contributed by atoms with Crippen molar-refractivity contribution < 1.29 is 27.2 Å². The average molecular weight is 560 g/mol. The number of fused-ring (bicyclic) bond motifs is 1. The van der Waals surface area contributed by atoms with Gasteiger partial charge >= 0.3 is 0 Å². The molecule has 0 fully saturated rings. The molecule has 5 rings (SSSR count). The van der Waals surface area contributed by atoms with Gasteiger partial charge in [0.2, 0.25) is 0 Å². The number of halogens is 4. The van der Waals surface area contributed by atoms with Crippen LogP contribution in [0.3, 0.4) is 0 Å². The molecule has 0 heterocycles. The molecule has 0 aromatic heterocycles. The van der Waals surface area contributed by atoms with Crippen LogP contribution >= 0.6 is 0 Å². The topological polar surface area (TPSA) is 46.2 Å². The number of aldehydes is 1. The molecule has 0 atom stereocenters. The van der Waals surface area contributed by atoms with Crippen molar-refractivity contribution in [1.29, 1.82) is 0 Å². The van der Waals surface area contributed by atoms with Gasteiger partial charge in [-0.25, -0.2) is 17.6 Å². The van der Waals surface area contributed by atoms with E-state index in [1.165, 1.54) is 6.07 Å². The van der Waals surface area contributed by atoms with Gasteiger partial charge in [-0.15, -0.1) is 0 Å². The fourth-order valence-corrected chi connectivity index (χ4v) is 4.54. The molecule has 1 aliphatic rings. The molecule has 7 heteroatoms. The van der Waals surface area contributed by atoms with Crippen LogP contribution in [0.5, 0.6) is 0 Å². The van der Waals surface area contributed by atoms with Crippen LogP contribution in [0.1, 0.15) is 62.4 Å². The Morgan fingerprint density at radius 2 is 1.39 bits per heavy atom. The summed E-state index contributed by atoms with van der Waals surface area (Å²) in [6, 6.07) is 19.7. The highest BCUT2D eigenvalue weighted by atomic mass is 19.2. The van der Waals surface area contributed by atoms with Gasteiger partial charge in [0.15, 0.2) is 17.4 Å². The molecule has 0 aliphatic heterocycles. The summed E-state index contributed by atoms with van der Waals surface area (Å²) < 4.78 is 51.4. The Bertz CT molecular complexity index is 1610. The van der Waals surface area contributed by atoms with Gasteiger partial charge in [0.25, 0.3) is 0 Å². The lowest BCUT2D eigenvalue weighted by molar-refractivity contribution is 0.104. The highest BCUT2D eigenvalue weighted by Gasteiger charge is 2.25. The number of nitrogens with one attached hydrogen (secondary N) is 1. The van der Waals surface area contributed by atoms with Crippen molar-refractivity contribution in [2.24, 2.45) is 0 Å². The van der Waals surface area contributed by atoms with E-state index in [1.54, 1.807) is 31.2 Å². The second kappa shape index (κ2) is 13.2. The molecule has 1 aliphatic carbocycles. The Balaban J connectivity index is 0.000000296. The van der Waals surface area contributed by atoms with Gasteiger partial charge in [-0.3, -0.25) is 9.59 Å². The molecular formula is C34H29F4NO2. The van der Waals surface area contributed by atoms with Crippen molar-refractivity contribution in [3.63, 3.8) is 0 Å². The summed E-state index contributed by atoms with van der Waals surface area (Å²) in [6.07, 6.45) is 4.15. The first kappa shape index (κ1) is 29.5. The van der Waals surface area contributed by atoms with Gasteiger partial charge in [0.05, 0.1) is 0 Å². The molecule has 4 aromatic rings. The highest BCUT2D eigenvalue weighted by Crippen LogP contribution is 2.30. The van der Waals surface area contributed by atoms with Gasteiger partial charge in [0, 0.05) is 41.4 Å². The first-order chi connectivity index (χ1) is 19.7. The van der Waals surface area contributed by atoms with E-state index in [-0.39, 0.29) is 17.2 Å². The summed E-state index contributed by atoms with van der Waals surface area (Å²) in [5.74, 6) is -3.06. The molecule has 0 saturated carbocycles. The maximum Gasteiger partial charge on any atom is 0.189 e. The average Bonchev–Trinajstić information content (AvgIpc) is 3.28.